The van der Waals surface area contributed by atoms with Crippen LogP contribution in [0.5, 0.6) is 0 Å². The van der Waals surface area contributed by atoms with Gasteiger partial charge in [0.1, 0.15) is 5.82 Å². The summed E-state index contributed by atoms with van der Waals surface area (Å²) in [6.07, 6.45) is 9.46. The minimum Gasteiger partial charge on any atom is -0.342 e. The summed E-state index contributed by atoms with van der Waals surface area (Å²) >= 11 is 3.35. The van der Waals surface area contributed by atoms with Crippen LogP contribution in [-0.2, 0) is 11.2 Å². The summed E-state index contributed by atoms with van der Waals surface area (Å²) in [7, 11) is 0. The first-order valence-corrected chi connectivity index (χ1v) is 12.4. The third-order valence-electron chi connectivity index (χ3n) is 5.92. The lowest BCUT2D eigenvalue weighted by molar-refractivity contribution is -0.130. The second kappa shape index (κ2) is 9.44. The van der Waals surface area contributed by atoms with Crippen LogP contribution in [0.25, 0.3) is 0 Å². The predicted octanol–water partition coefficient (Wildman–Crippen LogP) is 4.79. The molecule has 1 saturated carbocycles. The standard InChI is InChI=1S/C21H30N4OS2/c1-16-7-5-11-24(14-16)20(26)15-28-21-23-22-19(13-18-10-6-12-27-18)25(21)17-8-3-2-4-9-17/h6,10,12,16-17H,2-5,7-9,11,13-15H2,1H3. The number of piperidine rings is 1. The Morgan fingerprint density at radius 1 is 1.21 bits per heavy atom. The molecule has 7 heteroatoms. The van der Waals surface area contributed by atoms with E-state index in [4.69, 9.17) is 0 Å². The summed E-state index contributed by atoms with van der Waals surface area (Å²) in [6, 6.07) is 4.74. The molecule has 1 unspecified atom stereocenters. The smallest absolute Gasteiger partial charge is 0.233 e. The van der Waals surface area contributed by atoms with Gasteiger partial charge in [-0.15, -0.1) is 21.5 Å². The van der Waals surface area contributed by atoms with Gasteiger partial charge in [0, 0.05) is 30.4 Å². The molecular formula is C21H30N4OS2. The van der Waals surface area contributed by atoms with Gasteiger partial charge < -0.3 is 9.47 Å². The fourth-order valence-corrected chi connectivity index (χ4v) is 6.06. The van der Waals surface area contributed by atoms with Crippen molar-refractivity contribution in [3.05, 3.63) is 28.2 Å². The Kier molecular flexibility index (Phi) is 6.73. The lowest BCUT2D eigenvalue weighted by atomic mass is 9.95. The minimum atomic E-state index is 0.245. The molecule has 2 aromatic rings. The maximum absolute atomic E-state index is 12.7. The van der Waals surface area contributed by atoms with E-state index in [2.05, 4.69) is 39.2 Å². The SMILES string of the molecule is CC1CCCN(C(=O)CSc2nnc(Cc3cccs3)n2C2CCCCC2)C1. The topological polar surface area (TPSA) is 51.0 Å². The monoisotopic (exact) mass is 418 g/mol. The van der Waals surface area contributed by atoms with Gasteiger partial charge in [0.25, 0.3) is 0 Å². The van der Waals surface area contributed by atoms with E-state index in [0.717, 1.165) is 36.9 Å². The van der Waals surface area contributed by atoms with Gasteiger partial charge >= 0.3 is 0 Å². The molecule has 1 saturated heterocycles. The molecule has 0 bridgehead atoms. The number of thiophene rings is 1. The lowest BCUT2D eigenvalue weighted by Gasteiger charge is -2.31. The van der Waals surface area contributed by atoms with Crippen molar-refractivity contribution < 1.29 is 4.79 Å². The average molecular weight is 419 g/mol. The molecule has 1 atom stereocenters. The lowest BCUT2D eigenvalue weighted by Crippen LogP contribution is -2.40. The molecular weight excluding hydrogens is 388 g/mol. The van der Waals surface area contributed by atoms with Crippen LogP contribution in [0.3, 0.4) is 0 Å². The number of hydrogen-bond donors (Lipinski definition) is 0. The zero-order valence-corrected chi connectivity index (χ0v) is 18.3. The van der Waals surface area contributed by atoms with Crippen molar-refractivity contribution in [1.29, 1.82) is 0 Å². The van der Waals surface area contributed by atoms with Gasteiger partial charge in [-0.2, -0.15) is 0 Å². The molecule has 0 aromatic carbocycles. The van der Waals surface area contributed by atoms with Crippen molar-refractivity contribution in [2.75, 3.05) is 18.8 Å². The number of thioether (sulfide) groups is 1. The van der Waals surface area contributed by atoms with Gasteiger partial charge in [-0.25, -0.2) is 0 Å². The Morgan fingerprint density at radius 3 is 2.82 bits per heavy atom. The predicted molar refractivity (Wildman–Crippen MR) is 115 cm³/mol. The van der Waals surface area contributed by atoms with Crippen molar-refractivity contribution in [2.45, 2.75) is 69.5 Å². The van der Waals surface area contributed by atoms with Crippen molar-refractivity contribution >= 4 is 29.0 Å². The number of amides is 1. The Morgan fingerprint density at radius 2 is 2.07 bits per heavy atom. The molecule has 2 aromatic heterocycles. The molecule has 2 aliphatic rings. The number of likely N-dealkylation sites (tertiary alicyclic amines) is 1. The molecule has 0 N–H and O–H groups in total. The quantitative estimate of drug-likeness (QED) is 0.633. The second-order valence-electron chi connectivity index (χ2n) is 8.19. The van der Waals surface area contributed by atoms with E-state index >= 15 is 0 Å². The first-order valence-electron chi connectivity index (χ1n) is 10.6. The maximum Gasteiger partial charge on any atom is 0.233 e. The Bertz CT molecular complexity index is 767. The van der Waals surface area contributed by atoms with Crippen LogP contribution in [0.4, 0.5) is 0 Å². The second-order valence-corrected chi connectivity index (χ2v) is 10.2. The van der Waals surface area contributed by atoms with E-state index < -0.39 is 0 Å². The summed E-state index contributed by atoms with van der Waals surface area (Å²) in [5, 5.41) is 12.1. The number of nitrogens with zero attached hydrogens (tertiary/aromatic N) is 4. The van der Waals surface area contributed by atoms with Gasteiger partial charge in [-0.05, 0) is 43.0 Å². The molecule has 1 amide bonds. The van der Waals surface area contributed by atoms with E-state index in [-0.39, 0.29) is 5.91 Å². The van der Waals surface area contributed by atoms with Gasteiger partial charge in [0.15, 0.2) is 5.16 Å². The Labute approximate surface area is 175 Å². The van der Waals surface area contributed by atoms with Crippen LogP contribution < -0.4 is 0 Å². The van der Waals surface area contributed by atoms with E-state index in [9.17, 15) is 4.79 Å². The van der Waals surface area contributed by atoms with Crippen LogP contribution in [0.2, 0.25) is 0 Å². The molecule has 1 aliphatic carbocycles. The van der Waals surface area contributed by atoms with Crippen molar-refractivity contribution in [3.63, 3.8) is 0 Å². The molecule has 4 rings (SSSR count). The van der Waals surface area contributed by atoms with E-state index in [1.807, 2.05) is 4.90 Å². The normalized spacial score (nSPS) is 21.2. The maximum atomic E-state index is 12.7. The zero-order chi connectivity index (χ0) is 19.3. The molecule has 152 valence electrons. The number of hydrogen-bond acceptors (Lipinski definition) is 5. The number of carbonyl (C=O) groups excluding carboxylic acids is 1. The highest BCUT2D eigenvalue weighted by Gasteiger charge is 2.25. The molecule has 0 spiro atoms. The van der Waals surface area contributed by atoms with Crippen LogP contribution >= 0.6 is 23.1 Å². The van der Waals surface area contributed by atoms with Crippen molar-refractivity contribution in [2.24, 2.45) is 5.92 Å². The highest BCUT2D eigenvalue weighted by Crippen LogP contribution is 2.33. The summed E-state index contributed by atoms with van der Waals surface area (Å²) in [5.74, 6) is 2.38. The zero-order valence-electron chi connectivity index (χ0n) is 16.7. The van der Waals surface area contributed by atoms with Gasteiger partial charge in [0.05, 0.1) is 5.75 Å². The third kappa shape index (κ3) is 4.79. The average Bonchev–Trinajstić information content (AvgIpc) is 3.37. The largest absolute Gasteiger partial charge is 0.342 e. The molecule has 0 radical (unpaired) electrons. The molecule has 3 heterocycles. The first-order chi connectivity index (χ1) is 13.7. The fourth-order valence-electron chi connectivity index (χ4n) is 4.43. The fraction of sp³-hybridized carbons (Fsp3) is 0.667. The Balaban J connectivity index is 1.47. The molecule has 5 nitrogen and oxygen atoms in total. The van der Waals surface area contributed by atoms with E-state index in [0.29, 0.717) is 17.7 Å². The summed E-state index contributed by atoms with van der Waals surface area (Å²) in [4.78, 5) is 16.1. The summed E-state index contributed by atoms with van der Waals surface area (Å²) in [6.45, 7) is 4.05. The highest BCUT2D eigenvalue weighted by atomic mass is 32.2. The van der Waals surface area contributed by atoms with Crippen LogP contribution in [0, 0.1) is 5.92 Å². The summed E-state index contributed by atoms with van der Waals surface area (Å²) < 4.78 is 2.36. The molecule has 28 heavy (non-hydrogen) atoms. The minimum absolute atomic E-state index is 0.245. The van der Waals surface area contributed by atoms with Gasteiger partial charge in [-0.3, -0.25) is 4.79 Å². The Hall–Kier alpha value is -1.34. The molecule has 1 aliphatic heterocycles. The van der Waals surface area contributed by atoms with E-state index in [1.165, 1.54) is 43.4 Å². The van der Waals surface area contributed by atoms with E-state index in [1.54, 1.807) is 23.1 Å². The van der Waals surface area contributed by atoms with Crippen LogP contribution in [0.15, 0.2) is 22.7 Å². The number of aromatic nitrogens is 3. The van der Waals surface area contributed by atoms with Crippen LogP contribution in [0.1, 0.15) is 68.6 Å². The third-order valence-corrected chi connectivity index (χ3v) is 7.73. The number of rotatable bonds is 6. The highest BCUT2D eigenvalue weighted by molar-refractivity contribution is 7.99. The van der Waals surface area contributed by atoms with Crippen molar-refractivity contribution in [3.8, 4) is 0 Å². The molecule has 2 fully saturated rings. The first kappa shape index (κ1) is 20.0. The number of carbonyl (C=O) groups is 1. The summed E-state index contributed by atoms with van der Waals surface area (Å²) in [5.41, 5.74) is 0. The van der Waals surface area contributed by atoms with Gasteiger partial charge in [0.2, 0.25) is 5.91 Å². The van der Waals surface area contributed by atoms with Crippen LogP contribution in [-0.4, -0.2) is 44.4 Å². The van der Waals surface area contributed by atoms with Crippen molar-refractivity contribution in [1.82, 2.24) is 19.7 Å². The van der Waals surface area contributed by atoms with Gasteiger partial charge in [-0.1, -0.05) is 44.0 Å².